The van der Waals surface area contributed by atoms with Crippen LogP contribution in [0.3, 0.4) is 0 Å². The minimum absolute atomic E-state index is 0.103. The summed E-state index contributed by atoms with van der Waals surface area (Å²) in [5.74, 6) is -0.311. The first-order chi connectivity index (χ1) is 14.0. The van der Waals surface area contributed by atoms with E-state index in [1.165, 1.54) is 12.1 Å². The fraction of sp³-hybridized carbons (Fsp3) is 0.364. The molecule has 1 heterocycles. The quantitative estimate of drug-likeness (QED) is 0.729. The fourth-order valence-corrected chi connectivity index (χ4v) is 3.51. The van der Waals surface area contributed by atoms with Crippen molar-refractivity contribution in [3.05, 3.63) is 64.9 Å². The van der Waals surface area contributed by atoms with E-state index >= 15 is 0 Å². The number of nitrogens with one attached hydrogen (secondary N) is 1. The lowest BCUT2D eigenvalue weighted by Gasteiger charge is -2.23. The predicted molar refractivity (Wildman–Crippen MR) is 113 cm³/mol. The Hall–Kier alpha value is -2.60. The molecule has 0 unspecified atom stereocenters. The summed E-state index contributed by atoms with van der Waals surface area (Å²) in [5.41, 5.74) is 1.53. The van der Waals surface area contributed by atoms with Crippen molar-refractivity contribution in [2.24, 2.45) is 0 Å². The minimum atomic E-state index is -0.247. The Morgan fingerprint density at radius 1 is 0.966 bits per heavy atom. The van der Waals surface area contributed by atoms with Crippen LogP contribution in [0.25, 0.3) is 0 Å². The van der Waals surface area contributed by atoms with Gasteiger partial charge in [-0.25, -0.2) is 4.39 Å². The number of hydrogen-bond acceptors (Lipinski definition) is 3. The highest BCUT2D eigenvalue weighted by atomic mass is 35.5. The summed E-state index contributed by atoms with van der Waals surface area (Å²) < 4.78 is 13.1. The zero-order valence-corrected chi connectivity index (χ0v) is 17.0. The maximum atomic E-state index is 13.1. The van der Waals surface area contributed by atoms with Crippen molar-refractivity contribution >= 4 is 29.1 Å². The summed E-state index contributed by atoms with van der Waals surface area (Å²) in [6.45, 7) is 3.38. The molecule has 0 aliphatic carbocycles. The van der Waals surface area contributed by atoms with Gasteiger partial charge < -0.3 is 15.1 Å². The van der Waals surface area contributed by atoms with Gasteiger partial charge in [-0.3, -0.25) is 9.59 Å². The van der Waals surface area contributed by atoms with E-state index in [1.807, 2.05) is 4.90 Å². The van der Waals surface area contributed by atoms with Gasteiger partial charge in [0.2, 0.25) is 5.91 Å². The molecule has 0 aromatic heterocycles. The van der Waals surface area contributed by atoms with E-state index in [4.69, 9.17) is 11.6 Å². The van der Waals surface area contributed by atoms with Gasteiger partial charge in [0.05, 0.1) is 0 Å². The maximum absolute atomic E-state index is 13.1. The normalized spacial score (nSPS) is 14.4. The zero-order valence-electron chi connectivity index (χ0n) is 16.2. The van der Waals surface area contributed by atoms with E-state index < -0.39 is 0 Å². The molecule has 0 spiro atoms. The smallest absolute Gasteiger partial charge is 0.251 e. The molecule has 2 aromatic carbocycles. The molecule has 2 aromatic rings. The standard InChI is InChI=1S/C22H25ClFN3O2/c23-18-6-4-17(5-7-18)22(29)25-12-1-3-21(28)27-14-2-13-26(15-16-27)20-10-8-19(24)9-11-20/h4-11H,1-3,12-16H2,(H,25,29). The van der Waals surface area contributed by atoms with Crippen molar-refractivity contribution in [3.8, 4) is 0 Å². The Balaban J connectivity index is 1.40. The van der Waals surface area contributed by atoms with E-state index in [2.05, 4.69) is 10.2 Å². The highest BCUT2D eigenvalue weighted by Crippen LogP contribution is 2.17. The van der Waals surface area contributed by atoms with Crippen LogP contribution in [-0.2, 0) is 4.79 Å². The average molecular weight is 418 g/mol. The number of rotatable bonds is 6. The highest BCUT2D eigenvalue weighted by Gasteiger charge is 2.19. The molecule has 29 heavy (non-hydrogen) atoms. The van der Waals surface area contributed by atoms with Crippen molar-refractivity contribution in [2.45, 2.75) is 19.3 Å². The van der Waals surface area contributed by atoms with Gasteiger partial charge in [-0.15, -0.1) is 0 Å². The van der Waals surface area contributed by atoms with Gasteiger partial charge in [0.25, 0.3) is 5.91 Å². The van der Waals surface area contributed by atoms with Crippen LogP contribution < -0.4 is 10.2 Å². The molecule has 1 N–H and O–H groups in total. The van der Waals surface area contributed by atoms with Crippen molar-refractivity contribution in [2.75, 3.05) is 37.6 Å². The van der Waals surface area contributed by atoms with Crippen LogP contribution >= 0.6 is 11.6 Å². The van der Waals surface area contributed by atoms with Gasteiger partial charge >= 0.3 is 0 Å². The van der Waals surface area contributed by atoms with E-state index in [0.717, 1.165) is 25.2 Å². The average Bonchev–Trinajstić information content (AvgIpc) is 2.98. The van der Waals surface area contributed by atoms with Crippen LogP contribution in [0.1, 0.15) is 29.6 Å². The molecule has 154 valence electrons. The van der Waals surface area contributed by atoms with Crippen LogP contribution in [-0.4, -0.2) is 49.4 Å². The number of hydrogen-bond donors (Lipinski definition) is 1. The summed E-state index contributed by atoms with van der Waals surface area (Å²) in [5, 5.41) is 3.42. The van der Waals surface area contributed by atoms with Crippen LogP contribution in [0.4, 0.5) is 10.1 Å². The summed E-state index contributed by atoms with van der Waals surface area (Å²) in [6.07, 6.45) is 1.87. The van der Waals surface area contributed by atoms with Crippen molar-refractivity contribution in [3.63, 3.8) is 0 Å². The molecule has 5 nitrogen and oxygen atoms in total. The summed E-state index contributed by atoms with van der Waals surface area (Å²) >= 11 is 5.82. The van der Waals surface area contributed by atoms with Gasteiger partial charge in [-0.1, -0.05) is 11.6 Å². The molecule has 0 radical (unpaired) electrons. The molecule has 0 atom stereocenters. The lowest BCUT2D eigenvalue weighted by Crippen LogP contribution is -2.35. The second kappa shape index (κ2) is 10.3. The first-order valence-electron chi connectivity index (χ1n) is 9.85. The number of carbonyl (C=O) groups is 2. The largest absolute Gasteiger partial charge is 0.370 e. The number of nitrogens with zero attached hydrogens (tertiary/aromatic N) is 2. The van der Waals surface area contributed by atoms with Gasteiger partial charge in [0.15, 0.2) is 0 Å². The second-order valence-electron chi connectivity index (χ2n) is 7.06. The first-order valence-corrected chi connectivity index (χ1v) is 10.2. The fourth-order valence-electron chi connectivity index (χ4n) is 3.38. The van der Waals surface area contributed by atoms with E-state index in [0.29, 0.717) is 43.1 Å². The van der Waals surface area contributed by atoms with E-state index in [9.17, 15) is 14.0 Å². The van der Waals surface area contributed by atoms with Gasteiger partial charge in [-0.05, 0) is 61.4 Å². The van der Waals surface area contributed by atoms with Crippen LogP contribution in [0.2, 0.25) is 5.02 Å². The molecule has 3 rings (SSSR count). The minimum Gasteiger partial charge on any atom is -0.370 e. The van der Waals surface area contributed by atoms with Gasteiger partial charge in [0, 0.05) is 55.4 Å². The Labute approximate surface area is 175 Å². The van der Waals surface area contributed by atoms with Crippen LogP contribution in [0.5, 0.6) is 0 Å². The lowest BCUT2D eigenvalue weighted by atomic mass is 10.2. The van der Waals surface area contributed by atoms with Gasteiger partial charge in [0.1, 0.15) is 5.82 Å². The number of halogens is 2. The number of amides is 2. The van der Waals surface area contributed by atoms with Gasteiger partial charge in [-0.2, -0.15) is 0 Å². The third kappa shape index (κ3) is 6.19. The number of carbonyl (C=O) groups excluding carboxylic acids is 2. The van der Waals surface area contributed by atoms with E-state index in [1.54, 1.807) is 36.4 Å². The molecule has 7 heteroatoms. The molecule has 0 bridgehead atoms. The SMILES string of the molecule is O=C(NCCCC(=O)N1CCCN(c2ccc(F)cc2)CC1)c1ccc(Cl)cc1. The van der Waals surface area contributed by atoms with Crippen molar-refractivity contribution < 1.29 is 14.0 Å². The van der Waals surface area contributed by atoms with Crippen molar-refractivity contribution in [1.82, 2.24) is 10.2 Å². The molecule has 1 aliphatic rings. The third-order valence-electron chi connectivity index (χ3n) is 5.00. The molecule has 1 fully saturated rings. The molecular weight excluding hydrogens is 393 g/mol. The molecule has 2 amide bonds. The Kier molecular flexibility index (Phi) is 7.47. The highest BCUT2D eigenvalue weighted by molar-refractivity contribution is 6.30. The third-order valence-corrected chi connectivity index (χ3v) is 5.25. The summed E-state index contributed by atoms with van der Waals surface area (Å²) in [6, 6.07) is 13.2. The lowest BCUT2D eigenvalue weighted by molar-refractivity contribution is -0.131. The van der Waals surface area contributed by atoms with E-state index in [-0.39, 0.29) is 17.6 Å². The predicted octanol–water partition coefficient (Wildman–Crippen LogP) is 3.73. The van der Waals surface area contributed by atoms with Crippen molar-refractivity contribution in [1.29, 1.82) is 0 Å². The Morgan fingerprint density at radius 2 is 1.69 bits per heavy atom. The topological polar surface area (TPSA) is 52.7 Å². The second-order valence-corrected chi connectivity index (χ2v) is 7.50. The summed E-state index contributed by atoms with van der Waals surface area (Å²) in [7, 11) is 0. The Morgan fingerprint density at radius 3 is 2.41 bits per heavy atom. The summed E-state index contributed by atoms with van der Waals surface area (Å²) in [4.78, 5) is 28.6. The molecule has 1 aliphatic heterocycles. The number of anilines is 1. The Bertz CT molecular complexity index is 827. The monoisotopic (exact) mass is 417 g/mol. The zero-order chi connectivity index (χ0) is 20.6. The van der Waals surface area contributed by atoms with Crippen LogP contribution in [0, 0.1) is 5.82 Å². The number of benzene rings is 2. The molecule has 0 saturated carbocycles. The molecule has 1 saturated heterocycles. The van der Waals surface area contributed by atoms with Crippen LogP contribution in [0.15, 0.2) is 48.5 Å². The molecular formula is C22H25ClFN3O2. The first kappa shape index (κ1) is 21.1. The maximum Gasteiger partial charge on any atom is 0.251 e.